The molecule has 2 aliphatic rings. The molecule has 0 saturated heterocycles. The zero-order valence-corrected chi connectivity index (χ0v) is 19.1. The average molecular weight is 401 g/mol. The Hall–Kier alpha value is -3.12. The maximum absolute atomic E-state index is 2.42. The molecule has 0 aliphatic heterocycles. The van der Waals surface area contributed by atoms with Crippen LogP contribution in [0.15, 0.2) is 54.6 Å². The van der Waals surface area contributed by atoms with E-state index in [-0.39, 0.29) is 0 Å². The van der Waals surface area contributed by atoms with Crippen molar-refractivity contribution in [1.82, 2.24) is 0 Å². The van der Waals surface area contributed by atoms with Crippen molar-refractivity contribution in [3.8, 4) is 33.4 Å². The second kappa shape index (κ2) is 6.44. The molecule has 0 nitrogen and oxygen atoms in total. The Bertz CT molecular complexity index is 1420. The molecule has 152 valence electrons. The molecule has 4 aromatic carbocycles. The van der Waals surface area contributed by atoms with E-state index in [2.05, 4.69) is 89.2 Å². The zero-order chi connectivity index (χ0) is 21.4. The van der Waals surface area contributed by atoms with Crippen LogP contribution in [0.25, 0.3) is 33.4 Å². The number of rotatable bonds is 1. The minimum atomic E-state index is 1.04. The molecule has 6 rings (SSSR count). The van der Waals surface area contributed by atoms with Crippen molar-refractivity contribution in [1.29, 1.82) is 0 Å². The van der Waals surface area contributed by atoms with Crippen molar-refractivity contribution in [2.24, 2.45) is 0 Å². The summed E-state index contributed by atoms with van der Waals surface area (Å²) in [7, 11) is 0. The minimum absolute atomic E-state index is 1.04. The van der Waals surface area contributed by atoms with Gasteiger partial charge in [0.15, 0.2) is 0 Å². The standard InChI is InChI=1S/C31H28/c1-17-12-23-16-30-29(28(23)13-18(17)2)14-19(3)20(4)31(30)24-10-11-26-25-9-7-6-8-22(25)15-27(26)21(24)5/h6-14H,15-16H2,1-5H3. The van der Waals surface area contributed by atoms with E-state index < -0.39 is 0 Å². The molecular formula is C31H28. The van der Waals surface area contributed by atoms with Gasteiger partial charge in [-0.3, -0.25) is 0 Å². The highest BCUT2D eigenvalue weighted by Crippen LogP contribution is 2.48. The van der Waals surface area contributed by atoms with Gasteiger partial charge in [-0.15, -0.1) is 0 Å². The summed E-state index contributed by atoms with van der Waals surface area (Å²) < 4.78 is 0. The Kier molecular flexibility index (Phi) is 3.87. The van der Waals surface area contributed by atoms with Crippen LogP contribution in [0.5, 0.6) is 0 Å². The molecule has 0 fully saturated rings. The molecule has 2 aliphatic carbocycles. The Labute approximate surface area is 185 Å². The first kappa shape index (κ1) is 18.6. The highest BCUT2D eigenvalue weighted by Gasteiger charge is 2.27. The van der Waals surface area contributed by atoms with Crippen molar-refractivity contribution >= 4 is 0 Å². The second-order valence-electron chi connectivity index (χ2n) is 9.59. The van der Waals surface area contributed by atoms with Crippen molar-refractivity contribution < 1.29 is 0 Å². The van der Waals surface area contributed by atoms with Crippen LogP contribution in [-0.4, -0.2) is 0 Å². The summed E-state index contributed by atoms with van der Waals surface area (Å²) in [5.41, 5.74) is 21.6. The molecule has 0 saturated carbocycles. The Morgan fingerprint density at radius 1 is 0.484 bits per heavy atom. The van der Waals surface area contributed by atoms with E-state index >= 15 is 0 Å². The van der Waals surface area contributed by atoms with Gasteiger partial charge in [-0.1, -0.05) is 54.6 Å². The molecular weight excluding hydrogens is 372 g/mol. The highest BCUT2D eigenvalue weighted by molar-refractivity contribution is 5.91. The van der Waals surface area contributed by atoms with Crippen LogP contribution in [0, 0.1) is 34.6 Å². The van der Waals surface area contributed by atoms with Gasteiger partial charge in [0.25, 0.3) is 0 Å². The van der Waals surface area contributed by atoms with Gasteiger partial charge >= 0.3 is 0 Å². The van der Waals surface area contributed by atoms with Crippen molar-refractivity contribution in [2.45, 2.75) is 47.5 Å². The van der Waals surface area contributed by atoms with Gasteiger partial charge in [0.2, 0.25) is 0 Å². The summed E-state index contributed by atoms with van der Waals surface area (Å²) in [6, 6.07) is 20.9. The van der Waals surface area contributed by atoms with E-state index in [9.17, 15) is 0 Å². The van der Waals surface area contributed by atoms with E-state index in [4.69, 9.17) is 0 Å². The van der Waals surface area contributed by atoms with E-state index in [0.717, 1.165) is 12.8 Å². The van der Waals surface area contributed by atoms with E-state index in [1.165, 1.54) is 83.5 Å². The first-order chi connectivity index (χ1) is 14.9. The maximum atomic E-state index is 2.42. The molecule has 0 heteroatoms. The van der Waals surface area contributed by atoms with Crippen LogP contribution in [0.3, 0.4) is 0 Å². The monoisotopic (exact) mass is 400 g/mol. The molecule has 0 spiro atoms. The topological polar surface area (TPSA) is 0 Å². The van der Waals surface area contributed by atoms with Crippen LogP contribution >= 0.6 is 0 Å². The fourth-order valence-corrected chi connectivity index (χ4v) is 5.86. The predicted octanol–water partition coefficient (Wildman–Crippen LogP) is 8.04. The van der Waals surface area contributed by atoms with E-state index in [0.29, 0.717) is 0 Å². The van der Waals surface area contributed by atoms with E-state index in [1.54, 1.807) is 0 Å². The predicted molar refractivity (Wildman–Crippen MR) is 132 cm³/mol. The summed E-state index contributed by atoms with van der Waals surface area (Å²) in [6.45, 7) is 11.4. The summed E-state index contributed by atoms with van der Waals surface area (Å²) in [6.07, 6.45) is 2.09. The van der Waals surface area contributed by atoms with Gasteiger partial charge < -0.3 is 0 Å². The molecule has 0 unspecified atom stereocenters. The third-order valence-corrected chi connectivity index (χ3v) is 7.87. The second-order valence-corrected chi connectivity index (χ2v) is 9.59. The largest absolute Gasteiger partial charge is 0.0619 e. The summed E-state index contributed by atoms with van der Waals surface area (Å²) in [5.74, 6) is 0. The first-order valence-corrected chi connectivity index (χ1v) is 11.4. The Balaban J connectivity index is 1.59. The maximum Gasteiger partial charge on any atom is -0.000708 e. The molecule has 0 heterocycles. The van der Waals surface area contributed by atoms with Crippen LogP contribution in [0.4, 0.5) is 0 Å². The number of hydrogen-bond donors (Lipinski definition) is 0. The smallest absolute Gasteiger partial charge is 0.000708 e. The summed E-state index contributed by atoms with van der Waals surface area (Å²) >= 11 is 0. The van der Waals surface area contributed by atoms with E-state index in [1.807, 2.05) is 0 Å². The summed E-state index contributed by atoms with van der Waals surface area (Å²) in [5, 5.41) is 0. The number of fused-ring (bicyclic) bond motifs is 6. The van der Waals surface area contributed by atoms with Crippen molar-refractivity contribution in [3.63, 3.8) is 0 Å². The number of hydrogen-bond acceptors (Lipinski definition) is 0. The lowest BCUT2D eigenvalue weighted by molar-refractivity contribution is 1.19. The van der Waals surface area contributed by atoms with Crippen LogP contribution < -0.4 is 0 Å². The molecule has 0 N–H and O–H groups in total. The van der Waals surface area contributed by atoms with Crippen molar-refractivity contribution in [3.05, 3.63) is 105 Å². The van der Waals surface area contributed by atoms with Gasteiger partial charge in [0, 0.05) is 0 Å². The van der Waals surface area contributed by atoms with Crippen LogP contribution in [-0.2, 0) is 12.8 Å². The Morgan fingerprint density at radius 2 is 1.16 bits per heavy atom. The van der Waals surface area contributed by atoms with Gasteiger partial charge in [-0.2, -0.15) is 0 Å². The van der Waals surface area contributed by atoms with Crippen LogP contribution in [0.1, 0.15) is 50.1 Å². The molecule has 31 heavy (non-hydrogen) atoms. The lowest BCUT2D eigenvalue weighted by Crippen LogP contribution is -1.99. The highest BCUT2D eigenvalue weighted by atomic mass is 14.3. The first-order valence-electron chi connectivity index (χ1n) is 11.4. The third-order valence-electron chi connectivity index (χ3n) is 7.87. The molecule has 4 aromatic rings. The van der Waals surface area contributed by atoms with Gasteiger partial charge in [0.05, 0.1) is 0 Å². The zero-order valence-electron chi connectivity index (χ0n) is 19.1. The van der Waals surface area contributed by atoms with Gasteiger partial charge in [-0.25, -0.2) is 0 Å². The molecule has 0 bridgehead atoms. The molecule has 0 amide bonds. The quantitative estimate of drug-likeness (QED) is 0.262. The normalized spacial score (nSPS) is 13.1. The fourth-order valence-electron chi connectivity index (χ4n) is 5.86. The molecule has 0 aromatic heterocycles. The molecule has 0 atom stereocenters. The minimum Gasteiger partial charge on any atom is -0.0619 e. The van der Waals surface area contributed by atoms with Gasteiger partial charge in [-0.05, 0) is 131 Å². The summed E-state index contributed by atoms with van der Waals surface area (Å²) in [4.78, 5) is 0. The number of aryl methyl sites for hydroxylation is 3. The average Bonchev–Trinajstić information content (AvgIpc) is 3.29. The Morgan fingerprint density at radius 3 is 2.00 bits per heavy atom. The van der Waals surface area contributed by atoms with Gasteiger partial charge in [0.1, 0.15) is 0 Å². The lowest BCUT2D eigenvalue weighted by Gasteiger charge is -2.19. The fraction of sp³-hybridized carbons (Fsp3) is 0.226. The van der Waals surface area contributed by atoms with Crippen LogP contribution in [0.2, 0.25) is 0 Å². The SMILES string of the molecule is Cc1cc2c(cc1C)-c1cc(C)c(C)c(-c3ccc4c(c3C)Cc3ccccc3-4)c1C2. The van der Waals surface area contributed by atoms with Crippen molar-refractivity contribution in [2.75, 3.05) is 0 Å². The molecule has 0 radical (unpaired) electrons. The third kappa shape index (κ3) is 2.54. The number of benzene rings is 4. The lowest BCUT2D eigenvalue weighted by atomic mass is 9.85.